The lowest BCUT2D eigenvalue weighted by atomic mass is 9.97. The Labute approximate surface area is 192 Å². The monoisotopic (exact) mass is 504 g/mol. The van der Waals surface area contributed by atoms with Crippen LogP contribution in [0, 0.1) is 0 Å². The van der Waals surface area contributed by atoms with E-state index < -0.39 is 112 Å². The van der Waals surface area contributed by atoms with Crippen molar-refractivity contribution >= 4 is 0 Å². The lowest BCUT2D eigenvalue weighted by Gasteiger charge is -2.46. The van der Waals surface area contributed by atoms with Crippen molar-refractivity contribution in [3.05, 3.63) is 0 Å². The lowest BCUT2D eigenvalue weighted by molar-refractivity contribution is -0.363. The normalized spacial score (nSPS) is 52.5. The minimum absolute atomic E-state index is 0.577. The maximum absolute atomic E-state index is 10.5. The predicted octanol–water partition coefficient (Wildman–Crippen LogP) is -7.57. The van der Waals surface area contributed by atoms with E-state index in [-0.39, 0.29) is 0 Å². The van der Waals surface area contributed by atoms with E-state index in [2.05, 4.69) is 0 Å². The zero-order valence-electron chi connectivity index (χ0n) is 17.7. The summed E-state index contributed by atoms with van der Waals surface area (Å²) in [6, 6.07) is 0. The summed E-state index contributed by atoms with van der Waals surface area (Å²) >= 11 is 0. The van der Waals surface area contributed by atoms with Gasteiger partial charge in [-0.3, -0.25) is 0 Å². The van der Waals surface area contributed by atoms with E-state index in [1.807, 2.05) is 0 Å². The highest BCUT2D eigenvalue weighted by Crippen LogP contribution is 2.30. The van der Waals surface area contributed by atoms with Crippen LogP contribution >= 0.6 is 0 Å². The van der Waals surface area contributed by atoms with Gasteiger partial charge in [-0.15, -0.1) is 0 Å². The molecule has 200 valence electrons. The summed E-state index contributed by atoms with van der Waals surface area (Å²) in [6.45, 7) is -2.09. The van der Waals surface area contributed by atoms with Gasteiger partial charge in [0, 0.05) is 0 Å². The second kappa shape index (κ2) is 11.6. The molecule has 0 unspecified atom stereocenters. The fourth-order valence-corrected chi connectivity index (χ4v) is 3.95. The molecule has 3 saturated heterocycles. The molecule has 3 rings (SSSR count). The molecule has 0 radical (unpaired) electrons. The first-order valence-corrected chi connectivity index (χ1v) is 10.6. The topological polar surface area (TPSA) is 269 Å². The third kappa shape index (κ3) is 5.52. The molecule has 0 aliphatic carbocycles. The standard InChI is InChI=1S/C18H32O16/c19-1-4-7(21)10(24)13(27)18(32-4)34-15-5(2-20)33-17(14(28)11(15)25)30-3-6-8(22)9(23)12(26)16(29)31-6/h4-29H,1-3H2/t4-,5-,6-,7-,8+,9+,10+,11-,12-,13-,14-,15+,16-,17-,18-/m1/s1. The highest BCUT2D eigenvalue weighted by atomic mass is 16.7. The Morgan fingerprint density at radius 2 is 1.03 bits per heavy atom. The van der Waals surface area contributed by atoms with Crippen LogP contribution in [-0.4, -0.2) is 168 Å². The maximum Gasteiger partial charge on any atom is 0.187 e. The Morgan fingerprint density at radius 3 is 1.65 bits per heavy atom. The van der Waals surface area contributed by atoms with Gasteiger partial charge in [0.05, 0.1) is 19.8 Å². The van der Waals surface area contributed by atoms with Crippen molar-refractivity contribution in [1.82, 2.24) is 0 Å². The zero-order chi connectivity index (χ0) is 25.3. The molecule has 34 heavy (non-hydrogen) atoms. The molecule has 3 aliphatic rings. The summed E-state index contributed by atoms with van der Waals surface area (Å²) in [5.41, 5.74) is 0. The Kier molecular flexibility index (Phi) is 9.54. The molecule has 0 spiro atoms. The van der Waals surface area contributed by atoms with Crippen LogP contribution in [0.2, 0.25) is 0 Å². The summed E-state index contributed by atoms with van der Waals surface area (Å²) in [5.74, 6) is 0. The summed E-state index contributed by atoms with van der Waals surface area (Å²) < 4.78 is 26.2. The lowest BCUT2D eigenvalue weighted by Crippen LogP contribution is -2.65. The van der Waals surface area contributed by atoms with Gasteiger partial charge in [-0.05, 0) is 0 Å². The number of hydrogen-bond acceptors (Lipinski definition) is 16. The van der Waals surface area contributed by atoms with Gasteiger partial charge in [0.1, 0.15) is 73.2 Å². The van der Waals surface area contributed by atoms with Crippen molar-refractivity contribution in [1.29, 1.82) is 0 Å². The zero-order valence-corrected chi connectivity index (χ0v) is 17.7. The first-order chi connectivity index (χ1) is 16.0. The largest absolute Gasteiger partial charge is 0.394 e. The van der Waals surface area contributed by atoms with Gasteiger partial charge in [-0.2, -0.15) is 0 Å². The Bertz CT molecular complexity index is 637. The number of rotatable bonds is 7. The van der Waals surface area contributed by atoms with Gasteiger partial charge in [-0.1, -0.05) is 0 Å². The van der Waals surface area contributed by atoms with E-state index in [0.717, 1.165) is 0 Å². The summed E-state index contributed by atoms with van der Waals surface area (Å²) in [7, 11) is 0. The van der Waals surface area contributed by atoms with Gasteiger partial charge < -0.3 is 79.9 Å². The van der Waals surface area contributed by atoms with Crippen LogP contribution in [0.5, 0.6) is 0 Å². The van der Waals surface area contributed by atoms with Crippen molar-refractivity contribution in [2.45, 2.75) is 92.1 Å². The van der Waals surface area contributed by atoms with E-state index in [1.54, 1.807) is 0 Å². The van der Waals surface area contributed by atoms with E-state index in [0.29, 0.717) is 0 Å². The number of ether oxygens (including phenoxy) is 5. The molecule has 15 atom stereocenters. The molecule has 0 aromatic heterocycles. The molecule has 16 heteroatoms. The van der Waals surface area contributed by atoms with Crippen LogP contribution < -0.4 is 0 Å². The molecule has 11 N–H and O–H groups in total. The molecule has 3 fully saturated rings. The molecule has 3 heterocycles. The van der Waals surface area contributed by atoms with Gasteiger partial charge in [0.2, 0.25) is 0 Å². The molecule has 0 bridgehead atoms. The average Bonchev–Trinajstić information content (AvgIpc) is 2.83. The van der Waals surface area contributed by atoms with Crippen molar-refractivity contribution in [3.8, 4) is 0 Å². The third-order valence-electron chi connectivity index (χ3n) is 6.07. The summed E-state index contributed by atoms with van der Waals surface area (Å²) in [4.78, 5) is 0. The highest BCUT2D eigenvalue weighted by molar-refractivity contribution is 4.94. The summed E-state index contributed by atoms with van der Waals surface area (Å²) in [6.07, 6.45) is -24.7. The molecule has 0 saturated carbocycles. The molecule has 16 nitrogen and oxygen atoms in total. The van der Waals surface area contributed by atoms with Crippen molar-refractivity contribution in [2.24, 2.45) is 0 Å². The third-order valence-corrected chi connectivity index (χ3v) is 6.07. The van der Waals surface area contributed by atoms with E-state index in [1.165, 1.54) is 0 Å². The van der Waals surface area contributed by atoms with Crippen LogP contribution in [0.4, 0.5) is 0 Å². The first-order valence-electron chi connectivity index (χ1n) is 10.6. The van der Waals surface area contributed by atoms with Gasteiger partial charge in [0.25, 0.3) is 0 Å². The van der Waals surface area contributed by atoms with Crippen LogP contribution in [0.15, 0.2) is 0 Å². The van der Waals surface area contributed by atoms with Gasteiger partial charge >= 0.3 is 0 Å². The number of aliphatic hydroxyl groups excluding tert-OH is 11. The fraction of sp³-hybridized carbons (Fsp3) is 1.00. The molecular formula is C18H32O16. The van der Waals surface area contributed by atoms with Crippen molar-refractivity contribution < 1.29 is 79.9 Å². The second-order valence-corrected chi connectivity index (χ2v) is 8.37. The van der Waals surface area contributed by atoms with Gasteiger partial charge in [0.15, 0.2) is 18.9 Å². The fourth-order valence-electron chi connectivity index (χ4n) is 3.95. The Morgan fingerprint density at radius 1 is 0.500 bits per heavy atom. The Hall–Kier alpha value is -0.640. The van der Waals surface area contributed by atoms with Crippen LogP contribution in [-0.2, 0) is 23.7 Å². The van der Waals surface area contributed by atoms with E-state index in [4.69, 9.17) is 23.7 Å². The van der Waals surface area contributed by atoms with E-state index in [9.17, 15) is 56.2 Å². The first kappa shape index (κ1) is 27.9. The number of hydrogen-bond donors (Lipinski definition) is 11. The minimum Gasteiger partial charge on any atom is -0.394 e. The van der Waals surface area contributed by atoms with E-state index >= 15 is 0 Å². The molecule has 3 aliphatic heterocycles. The quantitative estimate of drug-likeness (QED) is 0.154. The smallest absolute Gasteiger partial charge is 0.187 e. The van der Waals surface area contributed by atoms with Crippen molar-refractivity contribution in [2.75, 3.05) is 19.8 Å². The van der Waals surface area contributed by atoms with Crippen molar-refractivity contribution in [3.63, 3.8) is 0 Å². The second-order valence-electron chi connectivity index (χ2n) is 8.37. The predicted molar refractivity (Wildman–Crippen MR) is 101 cm³/mol. The van der Waals surface area contributed by atoms with Crippen LogP contribution in [0.3, 0.4) is 0 Å². The highest BCUT2D eigenvalue weighted by Gasteiger charge is 2.51. The van der Waals surface area contributed by atoms with Gasteiger partial charge in [-0.25, -0.2) is 0 Å². The average molecular weight is 504 g/mol. The molecule has 0 aromatic carbocycles. The van der Waals surface area contributed by atoms with Crippen LogP contribution in [0.1, 0.15) is 0 Å². The Balaban J connectivity index is 1.63. The molecular weight excluding hydrogens is 472 g/mol. The molecule has 0 amide bonds. The maximum atomic E-state index is 10.5. The SMILES string of the molecule is OC[C@H]1O[C@H](O[C@@H]2[C@H](O)[C@@H](O)[C@H](OC[C@H]3O[C@@H](O)[C@H](O)[C@@H](O)[C@H]3O)O[C@@H]2CO)[C@H](O)[C@@H](O)[C@@H]1O. The number of aliphatic hydroxyl groups is 11. The van der Waals surface area contributed by atoms with Crippen LogP contribution in [0.25, 0.3) is 0 Å². The minimum atomic E-state index is -1.82. The summed E-state index contributed by atoms with van der Waals surface area (Å²) in [5, 5.41) is 109. The molecule has 0 aromatic rings.